The summed E-state index contributed by atoms with van der Waals surface area (Å²) in [6, 6.07) is 10.9. The molecule has 0 aliphatic heterocycles. The maximum absolute atomic E-state index is 13.7. The zero-order valence-electron chi connectivity index (χ0n) is 12.6. The molecule has 3 aromatic rings. The van der Waals surface area contributed by atoms with Gasteiger partial charge in [-0.25, -0.2) is 18.2 Å². The van der Waals surface area contributed by atoms with Gasteiger partial charge in [-0.15, -0.1) is 0 Å². The second-order valence-corrected chi connectivity index (χ2v) is 5.07. The summed E-state index contributed by atoms with van der Waals surface area (Å²) in [4.78, 5) is 8.28. The lowest BCUT2D eigenvalue weighted by molar-refractivity contribution is 0.590. The lowest BCUT2D eigenvalue weighted by Gasteiger charge is -2.11. The summed E-state index contributed by atoms with van der Waals surface area (Å²) in [5, 5.41) is 5.53. The van der Waals surface area contributed by atoms with E-state index in [0.29, 0.717) is 17.2 Å². The monoisotopic (exact) mass is 330 g/mol. The maximum Gasteiger partial charge on any atom is 0.229 e. The summed E-state index contributed by atoms with van der Waals surface area (Å²) in [5.74, 6) is -1.38. The van der Waals surface area contributed by atoms with E-state index in [-0.39, 0.29) is 17.5 Å². The summed E-state index contributed by atoms with van der Waals surface area (Å²) in [7, 11) is 0. The minimum atomic E-state index is -0.742. The Bertz CT molecular complexity index is 846. The third kappa shape index (κ3) is 3.62. The van der Waals surface area contributed by atoms with Crippen molar-refractivity contribution in [3.63, 3.8) is 0 Å². The van der Waals surface area contributed by atoms with Gasteiger partial charge in [-0.05, 0) is 43.3 Å². The van der Waals surface area contributed by atoms with Gasteiger partial charge in [0.1, 0.15) is 29.0 Å². The predicted molar refractivity (Wildman–Crippen MR) is 86.1 cm³/mol. The number of aryl methyl sites for hydroxylation is 1. The van der Waals surface area contributed by atoms with E-state index in [2.05, 4.69) is 20.6 Å². The van der Waals surface area contributed by atoms with E-state index >= 15 is 0 Å². The molecule has 0 saturated heterocycles. The second-order valence-electron chi connectivity index (χ2n) is 5.07. The Balaban J connectivity index is 1.87. The van der Waals surface area contributed by atoms with Crippen LogP contribution < -0.4 is 10.6 Å². The molecule has 1 heterocycles. The van der Waals surface area contributed by atoms with Crippen LogP contribution in [0.3, 0.4) is 0 Å². The van der Waals surface area contributed by atoms with Crippen LogP contribution in [0.2, 0.25) is 0 Å². The van der Waals surface area contributed by atoms with Gasteiger partial charge in [0.05, 0.1) is 0 Å². The molecule has 0 amide bonds. The molecule has 0 aliphatic carbocycles. The number of anilines is 4. The van der Waals surface area contributed by atoms with Crippen LogP contribution in [0, 0.1) is 24.4 Å². The number of aromatic nitrogens is 2. The molecule has 0 radical (unpaired) electrons. The lowest BCUT2D eigenvalue weighted by Crippen LogP contribution is -2.04. The Morgan fingerprint density at radius 1 is 0.833 bits per heavy atom. The Morgan fingerprint density at radius 2 is 1.50 bits per heavy atom. The van der Waals surface area contributed by atoms with Gasteiger partial charge in [-0.3, -0.25) is 0 Å². The minimum absolute atomic E-state index is 0.0450. The van der Waals surface area contributed by atoms with E-state index in [1.807, 2.05) is 0 Å². The molecule has 122 valence electrons. The van der Waals surface area contributed by atoms with E-state index in [0.717, 1.165) is 12.1 Å². The van der Waals surface area contributed by atoms with Crippen molar-refractivity contribution in [3.05, 3.63) is 71.7 Å². The molecule has 0 bridgehead atoms. The van der Waals surface area contributed by atoms with E-state index < -0.39 is 11.6 Å². The molecule has 1 aromatic heterocycles. The van der Waals surface area contributed by atoms with E-state index in [9.17, 15) is 13.2 Å². The van der Waals surface area contributed by atoms with Crippen LogP contribution >= 0.6 is 0 Å². The fourth-order valence-electron chi connectivity index (χ4n) is 2.10. The van der Waals surface area contributed by atoms with Gasteiger partial charge in [0.15, 0.2) is 0 Å². The Labute approximate surface area is 136 Å². The van der Waals surface area contributed by atoms with Gasteiger partial charge in [-0.2, -0.15) is 4.98 Å². The normalized spacial score (nSPS) is 10.5. The van der Waals surface area contributed by atoms with Crippen molar-refractivity contribution in [1.29, 1.82) is 0 Å². The van der Waals surface area contributed by atoms with Crippen LogP contribution in [0.5, 0.6) is 0 Å². The molecule has 2 aromatic carbocycles. The molecule has 0 unspecified atom stereocenters. The van der Waals surface area contributed by atoms with Gasteiger partial charge in [-0.1, -0.05) is 6.07 Å². The van der Waals surface area contributed by atoms with E-state index in [1.54, 1.807) is 25.1 Å². The molecule has 0 spiro atoms. The second kappa shape index (κ2) is 6.57. The number of hydrogen-bond donors (Lipinski definition) is 2. The molecule has 7 heteroatoms. The van der Waals surface area contributed by atoms with Crippen molar-refractivity contribution in [3.8, 4) is 0 Å². The van der Waals surface area contributed by atoms with Crippen molar-refractivity contribution in [2.75, 3.05) is 10.6 Å². The van der Waals surface area contributed by atoms with Crippen LogP contribution in [0.1, 0.15) is 5.69 Å². The van der Waals surface area contributed by atoms with Crippen LogP contribution in [0.15, 0.2) is 48.5 Å². The zero-order chi connectivity index (χ0) is 17.1. The summed E-state index contributed by atoms with van der Waals surface area (Å²) in [6.07, 6.45) is 0. The Kier molecular flexibility index (Phi) is 4.33. The smallest absolute Gasteiger partial charge is 0.229 e. The van der Waals surface area contributed by atoms with Crippen molar-refractivity contribution in [2.45, 2.75) is 6.92 Å². The number of nitrogens with zero attached hydrogens (tertiary/aromatic N) is 2. The Hall–Kier alpha value is -3.09. The molecular weight excluding hydrogens is 317 g/mol. The van der Waals surface area contributed by atoms with Crippen LogP contribution in [0.4, 0.5) is 36.3 Å². The molecular formula is C17H13F3N4. The molecule has 2 N–H and O–H groups in total. The van der Waals surface area contributed by atoms with Crippen molar-refractivity contribution in [1.82, 2.24) is 9.97 Å². The van der Waals surface area contributed by atoms with Gasteiger partial charge < -0.3 is 10.6 Å². The van der Waals surface area contributed by atoms with Gasteiger partial charge in [0.25, 0.3) is 0 Å². The fourth-order valence-corrected chi connectivity index (χ4v) is 2.10. The highest BCUT2D eigenvalue weighted by Gasteiger charge is 2.11. The molecule has 0 aliphatic rings. The minimum Gasteiger partial charge on any atom is -0.340 e. The first-order valence-corrected chi connectivity index (χ1v) is 7.10. The van der Waals surface area contributed by atoms with Crippen LogP contribution in [0.25, 0.3) is 0 Å². The lowest BCUT2D eigenvalue weighted by atomic mass is 10.3. The number of rotatable bonds is 4. The number of benzene rings is 2. The topological polar surface area (TPSA) is 49.8 Å². The largest absolute Gasteiger partial charge is 0.340 e. The zero-order valence-corrected chi connectivity index (χ0v) is 12.6. The highest BCUT2D eigenvalue weighted by molar-refractivity contribution is 5.60. The summed E-state index contributed by atoms with van der Waals surface area (Å²) in [5.41, 5.74) is 0.891. The average molecular weight is 330 g/mol. The number of nitrogens with one attached hydrogen (secondary N) is 2. The summed E-state index contributed by atoms with van der Waals surface area (Å²) < 4.78 is 40.4. The number of halogens is 3. The average Bonchev–Trinajstić information content (AvgIpc) is 2.53. The molecule has 24 heavy (non-hydrogen) atoms. The first-order chi connectivity index (χ1) is 11.5. The molecule has 0 saturated carbocycles. The van der Waals surface area contributed by atoms with E-state index in [4.69, 9.17) is 0 Å². The first kappa shape index (κ1) is 15.8. The third-order valence-corrected chi connectivity index (χ3v) is 3.17. The molecule has 0 fully saturated rings. The molecule has 4 nitrogen and oxygen atoms in total. The Morgan fingerprint density at radius 3 is 2.17 bits per heavy atom. The van der Waals surface area contributed by atoms with Crippen LogP contribution in [-0.2, 0) is 0 Å². The summed E-state index contributed by atoms with van der Waals surface area (Å²) in [6.45, 7) is 1.72. The summed E-state index contributed by atoms with van der Waals surface area (Å²) >= 11 is 0. The molecule has 3 rings (SSSR count). The maximum atomic E-state index is 13.7. The van der Waals surface area contributed by atoms with Crippen molar-refractivity contribution < 1.29 is 13.2 Å². The number of hydrogen-bond acceptors (Lipinski definition) is 4. The number of para-hydroxylation sites is 1. The van der Waals surface area contributed by atoms with Gasteiger partial charge in [0, 0.05) is 17.4 Å². The van der Waals surface area contributed by atoms with E-state index in [1.165, 1.54) is 18.2 Å². The van der Waals surface area contributed by atoms with Crippen molar-refractivity contribution >= 4 is 23.1 Å². The predicted octanol–water partition coefficient (Wildman–Crippen LogP) is 4.69. The highest BCUT2D eigenvalue weighted by Crippen LogP contribution is 2.23. The first-order valence-electron chi connectivity index (χ1n) is 7.10. The SMILES string of the molecule is Cc1cc(Nc2ccc(F)cc2)nc(Nc2c(F)cccc2F)n1. The standard InChI is InChI=1S/C17H13F3N4/c1-10-9-15(22-12-7-5-11(18)6-8-12)23-17(21-10)24-16-13(19)3-2-4-14(16)20/h2-9H,1H3,(H2,21,22,23,24). The van der Waals surface area contributed by atoms with Gasteiger partial charge >= 0.3 is 0 Å². The molecule has 0 atom stereocenters. The highest BCUT2D eigenvalue weighted by atomic mass is 19.1. The quantitative estimate of drug-likeness (QED) is 0.729. The van der Waals surface area contributed by atoms with Gasteiger partial charge in [0.2, 0.25) is 5.95 Å². The fraction of sp³-hybridized carbons (Fsp3) is 0.0588. The van der Waals surface area contributed by atoms with Crippen LogP contribution in [-0.4, -0.2) is 9.97 Å². The third-order valence-electron chi connectivity index (χ3n) is 3.17. The van der Waals surface area contributed by atoms with Crippen molar-refractivity contribution in [2.24, 2.45) is 0 Å².